The van der Waals surface area contributed by atoms with Crippen LogP contribution in [0.25, 0.3) is 0 Å². The van der Waals surface area contributed by atoms with Crippen molar-refractivity contribution in [1.82, 2.24) is 0 Å². The second kappa shape index (κ2) is 5.92. The van der Waals surface area contributed by atoms with E-state index in [9.17, 15) is 0 Å². The molecule has 0 aliphatic heterocycles. The maximum absolute atomic E-state index is 8.55. The highest BCUT2D eigenvalue weighted by atomic mass is 16.5. The molecular formula is C9H18N2O2. The average Bonchev–Trinajstić information content (AvgIpc) is 2.03. The van der Waals surface area contributed by atoms with E-state index in [0.29, 0.717) is 13.2 Å². The summed E-state index contributed by atoms with van der Waals surface area (Å²) < 4.78 is 10.4. The summed E-state index contributed by atoms with van der Waals surface area (Å²) in [6, 6.07) is 1.95. The Bertz CT molecular complexity index is 173. The van der Waals surface area contributed by atoms with Gasteiger partial charge in [0.1, 0.15) is 5.54 Å². The topological polar surface area (TPSA) is 68.3 Å². The first-order chi connectivity index (χ1) is 5.98. The Morgan fingerprint density at radius 2 is 2.08 bits per heavy atom. The van der Waals surface area contributed by atoms with E-state index in [1.807, 2.05) is 19.9 Å². The molecule has 2 N–H and O–H groups in total. The number of nitrogens with zero attached hydrogens (tertiary/aromatic N) is 1. The van der Waals surface area contributed by atoms with E-state index in [4.69, 9.17) is 20.5 Å². The van der Waals surface area contributed by atoms with Gasteiger partial charge in [0.25, 0.3) is 0 Å². The summed E-state index contributed by atoms with van der Waals surface area (Å²) in [4.78, 5) is 0. The second-order valence-corrected chi connectivity index (χ2v) is 3.50. The van der Waals surface area contributed by atoms with Gasteiger partial charge < -0.3 is 15.2 Å². The van der Waals surface area contributed by atoms with Gasteiger partial charge in [0.2, 0.25) is 0 Å². The van der Waals surface area contributed by atoms with E-state index in [0.717, 1.165) is 0 Å². The number of nitriles is 1. The molecular weight excluding hydrogens is 168 g/mol. The van der Waals surface area contributed by atoms with E-state index in [-0.39, 0.29) is 12.7 Å². The van der Waals surface area contributed by atoms with Crippen molar-refractivity contribution in [3.63, 3.8) is 0 Å². The third-order valence-corrected chi connectivity index (χ3v) is 1.34. The number of hydrogen-bond donors (Lipinski definition) is 1. The first kappa shape index (κ1) is 12.4. The summed E-state index contributed by atoms with van der Waals surface area (Å²) in [5, 5.41) is 8.55. The maximum Gasteiger partial charge on any atom is 0.124 e. The van der Waals surface area contributed by atoms with Crippen LogP contribution in [0.3, 0.4) is 0 Å². The molecule has 0 fully saturated rings. The molecule has 4 heteroatoms. The molecule has 0 aliphatic rings. The van der Waals surface area contributed by atoms with Crippen LogP contribution in [0.5, 0.6) is 0 Å². The van der Waals surface area contributed by atoms with Crippen molar-refractivity contribution >= 4 is 0 Å². The van der Waals surface area contributed by atoms with Gasteiger partial charge in [-0.2, -0.15) is 5.26 Å². The molecule has 0 aromatic rings. The monoisotopic (exact) mass is 186 g/mol. The molecule has 0 saturated heterocycles. The lowest BCUT2D eigenvalue weighted by atomic mass is 10.1. The summed E-state index contributed by atoms with van der Waals surface area (Å²) >= 11 is 0. The van der Waals surface area contributed by atoms with Crippen LogP contribution < -0.4 is 5.73 Å². The fourth-order valence-electron chi connectivity index (χ4n) is 0.659. The van der Waals surface area contributed by atoms with Crippen molar-refractivity contribution in [1.29, 1.82) is 5.26 Å². The number of ether oxygens (including phenoxy) is 2. The number of rotatable bonds is 6. The van der Waals surface area contributed by atoms with Crippen molar-refractivity contribution in [3.8, 4) is 6.07 Å². The summed E-state index contributed by atoms with van der Waals surface area (Å²) in [7, 11) is 0. The number of nitrogens with two attached hydrogens (primary N) is 1. The molecule has 13 heavy (non-hydrogen) atoms. The molecule has 0 heterocycles. The summed E-state index contributed by atoms with van der Waals surface area (Å²) in [6.45, 7) is 6.82. The van der Waals surface area contributed by atoms with Gasteiger partial charge in [-0.25, -0.2) is 0 Å². The highest BCUT2D eigenvalue weighted by Crippen LogP contribution is 1.97. The van der Waals surface area contributed by atoms with Crippen LogP contribution in [-0.4, -0.2) is 31.5 Å². The number of hydrogen-bond acceptors (Lipinski definition) is 4. The fraction of sp³-hybridized carbons (Fsp3) is 0.889. The molecule has 0 bridgehead atoms. The molecule has 1 atom stereocenters. The SMILES string of the molecule is CC(C)OCCOCC(C)(N)C#N. The quantitative estimate of drug-likeness (QED) is 0.619. The van der Waals surface area contributed by atoms with Crippen LogP contribution in [0.1, 0.15) is 20.8 Å². The molecule has 0 aliphatic carbocycles. The third-order valence-electron chi connectivity index (χ3n) is 1.34. The van der Waals surface area contributed by atoms with Crippen LogP contribution >= 0.6 is 0 Å². The Morgan fingerprint density at radius 3 is 2.54 bits per heavy atom. The fourth-order valence-corrected chi connectivity index (χ4v) is 0.659. The van der Waals surface area contributed by atoms with E-state index in [1.165, 1.54) is 0 Å². The summed E-state index contributed by atoms with van der Waals surface area (Å²) in [5.41, 5.74) is 4.64. The Morgan fingerprint density at radius 1 is 1.46 bits per heavy atom. The Labute approximate surface area is 79.6 Å². The zero-order chi connectivity index (χ0) is 10.3. The van der Waals surface area contributed by atoms with Gasteiger partial charge >= 0.3 is 0 Å². The zero-order valence-corrected chi connectivity index (χ0v) is 8.54. The smallest absolute Gasteiger partial charge is 0.124 e. The molecule has 0 saturated carbocycles. The normalized spacial score (nSPS) is 15.4. The van der Waals surface area contributed by atoms with Crippen molar-refractivity contribution in [3.05, 3.63) is 0 Å². The van der Waals surface area contributed by atoms with Crippen molar-refractivity contribution in [2.24, 2.45) is 5.73 Å². The molecule has 1 unspecified atom stereocenters. The molecule has 0 amide bonds. The lowest BCUT2D eigenvalue weighted by Crippen LogP contribution is -2.39. The largest absolute Gasteiger partial charge is 0.376 e. The van der Waals surface area contributed by atoms with Crippen LogP contribution in [0.2, 0.25) is 0 Å². The van der Waals surface area contributed by atoms with E-state index in [2.05, 4.69) is 0 Å². The lowest BCUT2D eigenvalue weighted by Gasteiger charge is -2.15. The maximum atomic E-state index is 8.55. The highest BCUT2D eigenvalue weighted by molar-refractivity contribution is 5.00. The predicted molar refractivity (Wildman–Crippen MR) is 50.1 cm³/mol. The minimum Gasteiger partial charge on any atom is -0.376 e. The molecule has 0 spiro atoms. The average molecular weight is 186 g/mol. The van der Waals surface area contributed by atoms with Gasteiger partial charge in [-0.05, 0) is 20.8 Å². The van der Waals surface area contributed by atoms with Crippen LogP contribution in [0.4, 0.5) is 0 Å². The lowest BCUT2D eigenvalue weighted by molar-refractivity contribution is 0.0125. The van der Waals surface area contributed by atoms with Crippen molar-refractivity contribution < 1.29 is 9.47 Å². The van der Waals surface area contributed by atoms with Gasteiger partial charge in [-0.1, -0.05) is 0 Å². The van der Waals surface area contributed by atoms with Gasteiger partial charge in [-0.3, -0.25) is 0 Å². The molecule has 0 rings (SSSR count). The minimum absolute atomic E-state index is 0.212. The Hall–Kier alpha value is -0.630. The van der Waals surface area contributed by atoms with Crippen LogP contribution in [0.15, 0.2) is 0 Å². The predicted octanol–water partition coefficient (Wildman–Crippen LogP) is 0.669. The third kappa shape index (κ3) is 7.72. The van der Waals surface area contributed by atoms with Crippen LogP contribution in [-0.2, 0) is 9.47 Å². The summed E-state index contributed by atoms with van der Waals surface area (Å²) in [6.07, 6.45) is 0.212. The first-order valence-electron chi connectivity index (χ1n) is 4.37. The summed E-state index contributed by atoms with van der Waals surface area (Å²) in [5.74, 6) is 0. The van der Waals surface area contributed by atoms with Gasteiger partial charge in [0.05, 0.1) is 32.0 Å². The van der Waals surface area contributed by atoms with Gasteiger partial charge in [0, 0.05) is 0 Å². The Balaban J connectivity index is 3.32. The second-order valence-electron chi connectivity index (χ2n) is 3.50. The first-order valence-corrected chi connectivity index (χ1v) is 4.37. The van der Waals surface area contributed by atoms with Crippen LogP contribution in [0, 0.1) is 11.3 Å². The van der Waals surface area contributed by atoms with Gasteiger partial charge in [0.15, 0.2) is 0 Å². The van der Waals surface area contributed by atoms with E-state index in [1.54, 1.807) is 6.92 Å². The molecule has 0 radical (unpaired) electrons. The molecule has 76 valence electrons. The zero-order valence-electron chi connectivity index (χ0n) is 8.54. The molecule has 0 aromatic carbocycles. The standard InChI is InChI=1S/C9H18N2O2/c1-8(2)13-5-4-12-7-9(3,11)6-10/h8H,4-5,7,11H2,1-3H3. The van der Waals surface area contributed by atoms with E-state index < -0.39 is 5.54 Å². The highest BCUT2D eigenvalue weighted by Gasteiger charge is 2.16. The van der Waals surface area contributed by atoms with E-state index >= 15 is 0 Å². The van der Waals surface area contributed by atoms with Crippen molar-refractivity contribution in [2.45, 2.75) is 32.4 Å². The molecule has 0 aromatic heterocycles. The van der Waals surface area contributed by atoms with Gasteiger partial charge in [-0.15, -0.1) is 0 Å². The Kier molecular flexibility index (Phi) is 5.63. The molecule has 4 nitrogen and oxygen atoms in total. The van der Waals surface area contributed by atoms with Crippen molar-refractivity contribution in [2.75, 3.05) is 19.8 Å². The minimum atomic E-state index is -0.891.